The second kappa shape index (κ2) is 4.24. The first kappa shape index (κ1) is 12.0. The molecule has 18 heavy (non-hydrogen) atoms. The summed E-state index contributed by atoms with van der Waals surface area (Å²) in [6.07, 6.45) is 1.66. The van der Waals surface area contributed by atoms with E-state index >= 15 is 0 Å². The molecule has 98 valence electrons. The van der Waals surface area contributed by atoms with Gasteiger partial charge >= 0.3 is 0 Å². The minimum atomic E-state index is -3.08. The van der Waals surface area contributed by atoms with E-state index in [0.717, 1.165) is 36.4 Å². The van der Waals surface area contributed by atoms with E-state index in [0.29, 0.717) is 11.3 Å². The van der Waals surface area contributed by atoms with Crippen LogP contribution in [-0.4, -0.2) is 26.8 Å². The lowest BCUT2D eigenvalue weighted by Crippen LogP contribution is -2.27. The van der Waals surface area contributed by atoms with Crippen LogP contribution < -0.4 is 10.1 Å². The minimum absolute atomic E-state index is 0.119. The summed E-state index contributed by atoms with van der Waals surface area (Å²) in [4.78, 5) is 0.470. The van der Waals surface area contributed by atoms with E-state index in [4.69, 9.17) is 4.74 Å². The number of hydrogen-bond acceptors (Lipinski definition) is 4. The smallest absolute Gasteiger partial charge is 0.179 e. The van der Waals surface area contributed by atoms with E-state index in [1.54, 1.807) is 6.07 Å². The highest BCUT2D eigenvalue weighted by Gasteiger charge is 2.29. The molecule has 0 amide bonds. The molecule has 0 aromatic heterocycles. The third kappa shape index (κ3) is 1.91. The van der Waals surface area contributed by atoms with Gasteiger partial charge < -0.3 is 10.1 Å². The van der Waals surface area contributed by atoms with Crippen molar-refractivity contribution in [2.45, 2.75) is 37.3 Å². The Kier molecular flexibility index (Phi) is 2.83. The fourth-order valence-electron chi connectivity index (χ4n) is 2.56. The molecule has 0 bridgehead atoms. The van der Waals surface area contributed by atoms with Crippen LogP contribution in [0, 0.1) is 0 Å². The molecule has 1 atom stereocenters. The van der Waals surface area contributed by atoms with Crippen molar-refractivity contribution in [3.8, 4) is 5.75 Å². The van der Waals surface area contributed by atoms with Gasteiger partial charge in [-0.05, 0) is 30.5 Å². The molecule has 0 saturated heterocycles. The van der Waals surface area contributed by atoms with E-state index in [-0.39, 0.29) is 11.9 Å². The van der Waals surface area contributed by atoms with Crippen molar-refractivity contribution in [3.63, 3.8) is 0 Å². The lowest BCUT2D eigenvalue weighted by molar-refractivity contribution is 0.201. The van der Waals surface area contributed by atoms with Gasteiger partial charge in [-0.2, -0.15) is 0 Å². The van der Waals surface area contributed by atoms with Crippen molar-refractivity contribution in [1.29, 1.82) is 0 Å². The summed E-state index contributed by atoms with van der Waals surface area (Å²) < 4.78 is 29.7. The summed E-state index contributed by atoms with van der Waals surface area (Å²) >= 11 is 0. The molecule has 0 fully saturated rings. The molecule has 5 heteroatoms. The number of sulfone groups is 1. The van der Waals surface area contributed by atoms with Crippen LogP contribution in [0.25, 0.3) is 0 Å². The number of aryl methyl sites for hydroxylation is 1. The van der Waals surface area contributed by atoms with Crippen LogP contribution in [0.5, 0.6) is 5.75 Å². The molecule has 2 aliphatic rings. The van der Waals surface area contributed by atoms with Crippen LogP contribution in [0.4, 0.5) is 0 Å². The first-order valence-corrected chi connectivity index (χ1v) is 8.01. The maximum absolute atomic E-state index is 11.9. The van der Waals surface area contributed by atoms with Gasteiger partial charge in [0.1, 0.15) is 11.9 Å². The van der Waals surface area contributed by atoms with Crippen molar-refractivity contribution in [2.24, 2.45) is 0 Å². The molecule has 0 aliphatic carbocycles. The second-order valence-electron chi connectivity index (χ2n) is 4.92. The molecule has 0 saturated carbocycles. The predicted molar refractivity (Wildman–Crippen MR) is 68.6 cm³/mol. The number of nitrogens with one attached hydrogen (secondary N) is 1. The lowest BCUT2D eigenvalue weighted by atomic mass is 10.1. The van der Waals surface area contributed by atoms with Gasteiger partial charge in [-0.3, -0.25) is 0 Å². The monoisotopic (exact) mass is 267 g/mol. The fraction of sp³-hybridized carbons (Fsp3) is 0.538. The van der Waals surface area contributed by atoms with Crippen molar-refractivity contribution in [1.82, 2.24) is 5.32 Å². The third-order valence-electron chi connectivity index (χ3n) is 3.66. The predicted octanol–water partition coefficient (Wildman–Crippen LogP) is 1.28. The molecule has 2 aliphatic heterocycles. The van der Waals surface area contributed by atoms with Gasteiger partial charge in [0, 0.05) is 18.7 Å². The van der Waals surface area contributed by atoms with Crippen molar-refractivity contribution in [3.05, 3.63) is 23.3 Å². The summed E-state index contributed by atoms with van der Waals surface area (Å²) in [6, 6.07) is 3.71. The Morgan fingerprint density at radius 1 is 1.39 bits per heavy atom. The van der Waals surface area contributed by atoms with E-state index < -0.39 is 9.84 Å². The average Bonchev–Trinajstić information content (AvgIpc) is 2.54. The Hall–Kier alpha value is -1.07. The van der Waals surface area contributed by atoms with Crippen molar-refractivity contribution < 1.29 is 13.2 Å². The second-order valence-corrected chi connectivity index (χ2v) is 6.99. The van der Waals surface area contributed by atoms with Gasteiger partial charge in [-0.1, -0.05) is 6.92 Å². The van der Waals surface area contributed by atoms with Gasteiger partial charge in [0.05, 0.1) is 10.6 Å². The maximum Gasteiger partial charge on any atom is 0.179 e. The first-order chi connectivity index (χ1) is 8.60. The van der Waals surface area contributed by atoms with Crippen LogP contribution in [0.1, 0.15) is 24.5 Å². The molecule has 0 spiro atoms. The normalized spacial score (nSPS) is 24.8. The third-order valence-corrected chi connectivity index (χ3v) is 5.45. The van der Waals surface area contributed by atoms with Crippen molar-refractivity contribution >= 4 is 9.84 Å². The zero-order valence-corrected chi connectivity index (χ0v) is 11.2. The Balaban J connectivity index is 2.08. The SMILES string of the molecule is CC[C@@H]1CNCc2cc3c(cc2O1)S(=O)(=O)CC3. The van der Waals surface area contributed by atoms with Crippen LogP contribution in [-0.2, 0) is 22.8 Å². The molecular weight excluding hydrogens is 250 g/mol. The summed E-state index contributed by atoms with van der Waals surface area (Å²) in [5.74, 6) is 0.964. The van der Waals surface area contributed by atoms with E-state index in [9.17, 15) is 8.42 Å². The van der Waals surface area contributed by atoms with E-state index in [1.165, 1.54) is 0 Å². The highest BCUT2D eigenvalue weighted by molar-refractivity contribution is 7.91. The topological polar surface area (TPSA) is 55.4 Å². The van der Waals surface area contributed by atoms with Gasteiger partial charge in [-0.25, -0.2) is 8.42 Å². The number of ether oxygens (including phenoxy) is 1. The average molecular weight is 267 g/mol. The van der Waals surface area contributed by atoms with Crippen LogP contribution in [0.3, 0.4) is 0 Å². The summed E-state index contributed by atoms with van der Waals surface area (Å²) in [7, 11) is -3.08. The number of hydrogen-bond donors (Lipinski definition) is 1. The Labute approximate surface area is 107 Å². The molecule has 0 radical (unpaired) electrons. The first-order valence-electron chi connectivity index (χ1n) is 6.36. The summed E-state index contributed by atoms with van der Waals surface area (Å²) in [5.41, 5.74) is 2.01. The molecule has 1 aromatic carbocycles. The van der Waals surface area contributed by atoms with Crippen LogP contribution in [0.15, 0.2) is 17.0 Å². The Bertz CT molecular complexity index is 580. The van der Waals surface area contributed by atoms with E-state index in [2.05, 4.69) is 12.2 Å². The number of rotatable bonds is 1. The molecule has 3 rings (SSSR count). The summed E-state index contributed by atoms with van der Waals surface area (Å²) in [6.45, 7) is 3.63. The highest BCUT2D eigenvalue weighted by Crippen LogP contribution is 2.34. The van der Waals surface area contributed by atoms with Gasteiger partial charge in [0.2, 0.25) is 0 Å². The maximum atomic E-state index is 11.9. The van der Waals surface area contributed by atoms with Gasteiger partial charge in [0.25, 0.3) is 0 Å². The zero-order chi connectivity index (χ0) is 12.8. The molecule has 2 heterocycles. The van der Waals surface area contributed by atoms with Crippen molar-refractivity contribution in [2.75, 3.05) is 12.3 Å². The zero-order valence-electron chi connectivity index (χ0n) is 10.4. The molecule has 4 nitrogen and oxygen atoms in total. The Morgan fingerprint density at radius 2 is 2.22 bits per heavy atom. The van der Waals surface area contributed by atoms with Crippen LogP contribution in [0.2, 0.25) is 0 Å². The van der Waals surface area contributed by atoms with Gasteiger partial charge in [0.15, 0.2) is 9.84 Å². The number of benzene rings is 1. The quantitative estimate of drug-likeness (QED) is 0.832. The fourth-order valence-corrected chi connectivity index (χ4v) is 4.12. The number of fused-ring (bicyclic) bond motifs is 2. The molecule has 1 aromatic rings. The highest BCUT2D eigenvalue weighted by atomic mass is 32.2. The molecule has 0 unspecified atom stereocenters. The standard InChI is InChI=1S/C13H17NO3S/c1-2-11-8-14-7-10-5-9-3-4-18(15,16)13(9)6-12(10)17-11/h5-6,11,14H,2-4,7-8H2,1H3/t11-/m1/s1. The summed E-state index contributed by atoms with van der Waals surface area (Å²) in [5, 5.41) is 3.34. The van der Waals surface area contributed by atoms with Crippen LogP contribution >= 0.6 is 0 Å². The Morgan fingerprint density at radius 3 is 3.00 bits per heavy atom. The largest absolute Gasteiger partial charge is 0.489 e. The van der Waals surface area contributed by atoms with Gasteiger partial charge in [-0.15, -0.1) is 0 Å². The minimum Gasteiger partial charge on any atom is -0.489 e. The lowest BCUT2D eigenvalue weighted by Gasteiger charge is -2.15. The molecular formula is C13H17NO3S. The van der Waals surface area contributed by atoms with E-state index in [1.807, 2.05) is 6.07 Å². The molecule has 1 N–H and O–H groups in total.